The van der Waals surface area contributed by atoms with Gasteiger partial charge >= 0.3 is 0 Å². The first-order chi connectivity index (χ1) is 18.9. The van der Waals surface area contributed by atoms with Crippen LogP contribution in [0.4, 0.5) is 26.0 Å². The van der Waals surface area contributed by atoms with E-state index >= 15 is 4.39 Å². The number of carbonyl (C=O) groups is 1. The minimum absolute atomic E-state index is 0.0894. The Morgan fingerprint density at radius 1 is 1.15 bits per heavy atom. The number of nitrogens with zero attached hydrogens (tertiary/aromatic N) is 6. The molecule has 39 heavy (non-hydrogen) atoms. The number of benzene rings is 2. The monoisotopic (exact) mass is 539 g/mol. The van der Waals surface area contributed by atoms with Gasteiger partial charge in [0.2, 0.25) is 5.91 Å². The molecule has 0 saturated carbocycles. The predicted molar refractivity (Wildman–Crippen MR) is 143 cm³/mol. The van der Waals surface area contributed by atoms with Gasteiger partial charge in [0.25, 0.3) is 0 Å². The number of hydrogen-bond donors (Lipinski definition) is 2. The zero-order valence-electron chi connectivity index (χ0n) is 21.6. The number of amides is 1. The third-order valence-corrected chi connectivity index (χ3v) is 6.01. The molecule has 10 nitrogen and oxygen atoms in total. The van der Waals surface area contributed by atoms with Crippen LogP contribution in [0.1, 0.15) is 19.8 Å². The van der Waals surface area contributed by atoms with E-state index in [1.165, 1.54) is 40.4 Å². The van der Waals surface area contributed by atoms with E-state index < -0.39 is 17.5 Å². The number of aliphatic hydroxyl groups is 1. The van der Waals surface area contributed by atoms with Gasteiger partial charge in [0.05, 0.1) is 36.3 Å². The Kier molecular flexibility index (Phi) is 9.34. The standard InChI is InChI=1S/C27H31F2N7O3/c1-2-9-34(11-12-37)10-4-13-39-20-7-8-21-23(14-20)31-18-32-27(21)36(24-6-3-5-22(28)26(24)29)19-15-33-35(16-19)17-25(30)38/h3,5-8,14-16,18,37H,2,4,9-13,17H2,1H3,(H2,30,38). The first-order valence-corrected chi connectivity index (χ1v) is 12.7. The Morgan fingerprint density at radius 2 is 2.00 bits per heavy atom. The number of ether oxygens (including phenoxy) is 1. The van der Waals surface area contributed by atoms with Crippen LogP contribution in [-0.4, -0.2) is 68.5 Å². The molecule has 12 heteroatoms. The van der Waals surface area contributed by atoms with Crippen LogP contribution in [-0.2, 0) is 11.3 Å². The maximum absolute atomic E-state index is 15.0. The highest BCUT2D eigenvalue weighted by molar-refractivity contribution is 5.95. The van der Waals surface area contributed by atoms with Crippen LogP contribution in [0.5, 0.6) is 5.75 Å². The van der Waals surface area contributed by atoms with Crippen LogP contribution in [0.25, 0.3) is 10.9 Å². The van der Waals surface area contributed by atoms with E-state index in [-0.39, 0.29) is 24.7 Å². The molecule has 0 saturated heterocycles. The quantitative estimate of drug-likeness (QED) is 0.233. The van der Waals surface area contributed by atoms with Gasteiger partial charge in [-0.1, -0.05) is 13.0 Å². The molecule has 0 aliphatic carbocycles. The summed E-state index contributed by atoms with van der Waals surface area (Å²) in [6.45, 7) is 4.88. The topological polar surface area (TPSA) is 123 Å². The molecular weight excluding hydrogens is 508 g/mol. The van der Waals surface area contributed by atoms with E-state index in [4.69, 9.17) is 10.5 Å². The summed E-state index contributed by atoms with van der Waals surface area (Å²) in [4.78, 5) is 23.7. The second-order valence-electron chi connectivity index (χ2n) is 8.91. The summed E-state index contributed by atoms with van der Waals surface area (Å²) in [6, 6.07) is 9.13. The third kappa shape index (κ3) is 6.84. The number of aromatic nitrogens is 4. The maximum Gasteiger partial charge on any atom is 0.239 e. The summed E-state index contributed by atoms with van der Waals surface area (Å²) in [5.74, 6) is -1.79. The molecule has 2 aromatic carbocycles. The van der Waals surface area contributed by atoms with E-state index in [2.05, 4.69) is 26.9 Å². The van der Waals surface area contributed by atoms with Crippen LogP contribution < -0.4 is 15.4 Å². The van der Waals surface area contributed by atoms with Crippen molar-refractivity contribution in [1.29, 1.82) is 0 Å². The second-order valence-corrected chi connectivity index (χ2v) is 8.91. The summed E-state index contributed by atoms with van der Waals surface area (Å²) in [5.41, 5.74) is 6.08. The number of halogens is 2. The number of aliphatic hydroxyl groups excluding tert-OH is 1. The van der Waals surface area contributed by atoms with E-state index in [1.807, 2.05) is 0 Å². The lowest BCUT2D eigenvalue weighted by atomic mass is 10.2. The number of rotatable bonds is 14. The van der Waals surface area contributed by atoms with E-state index in [1.54, 1.807) is 18.2 Å². The van der Waals surface area contributed by atoms with Gasteiger partial charge in [-0.2, -0.15) is 5.10 Å². The fourth-order valence-electron chi connectivity index (χ4n) is 4.32. The van der Waals surface area contributed by atoms with Crippen LogP contribution in [0.2, 0.25) is 0 Å². The lowest BCUT2D eigenvalue weighted by Crippen LogP contribution is -2.29. The summed E-state index contributed by atoms with van der Waals surface area (Å²) in [7, 11) is 0. The van der Waals surface area contributed by atoms with Crippen molar-refractivity contribution in [1.82, 2.24) is 24.6 Å². The van der Waals surface area contributed by atoms with Crippen LogP contribution >= 0.6 is 0 Å². The Bertz CT molecular complexity index is 1410. The number of nitrogens with two attached hydrogens (primary N) is 1. The molecule has 4 aromatic rings. The SMILES string of the molecule is CCCN(CCO)CCCOc1ccc2c(N(c3cnn(CC(N)=O)c3)c3cccc(F)c3F)ncnc2c1. The first kappa shape index (κ1) is 27.9. The molecular formula is C27H31F2N7O3. The number of carbonyl (C=O) groups excluding carboxylic acids is 1. The van der Waals surface area contributed by atoms with Crippen molar-refractivity contribution in [3.05, 3.63) is 66.8 Å². The zero-order valence-corrected chi connectivity index (χ0v) is 21.6. The first-order valence-electron chi connectivity index (χ1n) is 12.7. The number of fused-ring (bicyclic) bond motifs is 1. The molecule has 206 valence electrons. The number of primary amides is 1. The Hall–Kier alpha value is -4.16. The molecule has 0 radical (unpaired) electrons. The largest absolute Gasteiger partial charge is 0.493 e. The molecule has 3 N–H and O–H groups in total. The van der Waals surface area contributed by atoms with Gasteiger partial charge in [0.15, 0.2) is 11.6 Å². The average molecular weight is 540 g/mol. The third-order valence-electron chi connectivity index (χ3n) is 6.01. The van der Waals surface area contributed by atoms with Crippen LogP contribution in [0.15, 0.2) is 55.1 Å². The minimum atomic E-state index is -1.06. The van der Waals surface area contributed by atoms with Crippen LogP contribution in [0, 0.1) is 11.6 Å². The summed E-state index contributed by atoms with van der Waals surface area (Å²) >= 11 is 0. The molecule has 0 spiro atoms. The highest BCUT2D eigenvalue weighted by atomic mass is 19.2. The minimum Gasteiger partial charge on any atom is -0.493 e. The second kappa shape index (κ2) is 13.1. The highest BCUT2D eigenvalue weighted by Gasteiger charge is 2.23. The molecule has 0 unspecified atom stereocenters. The Balaban J connectivity index is 1.63. The molecule has 0 fully saturated rings. The number of anilines is 3. The Morgan fingerprint density at radius 3 is 2.77 bits per heavy atom. The van der Waals surface area contributed by atoms with Crippen molar-refractivity contribution in [2.45, 2.75) is 26.3 Å². The number of hydrogen-bond acceptors (Lipinski definition) is 8. The molecule has 2 aromatic heterocycles. The fourth-order valence-corrected chi connectivity index (χ4v) is 4.32. The van der Waals surface area contributed by atoms with Crippen LogP contribution in [0.3, 0.4) is 0 Å². The summed E-state index contributed by atoms with van der Waals surface area (Å²) in [6.07, 6.45) is 6.04. The highest BCUT2D eigenvalue weighted by Crippen LogP contribution is 2.39. The van der Waals surface area contributed by atoms with Gasteiger partial charge in [-0.3, -0.25) is 14.4 Å². The summed E-state index contributed by atoms with van der Waals surface area (Å²) < 4.78 is 36.5. The van der Waals surface area contributed by atoms with Gasteiger partial charge in [0.1, 0.15) is 24.4 Å². The van der Waals surface area contributed by atoms with E-state index in [9.17, 15) is 14.3 Å². The lowest BCUT2D eigenvalue weighted by molar-refractivity contribution is -0.118. The average Bonchev–Trinajstić information content (AvgIpc) is 3.36. The van der Waals surface area contributed by atoms with Crippen molar-refractivity contribution >= 4 is 34.0 Å². The van der Waals surface area contributed by atoms with Crippen molar-refractivity contribution in [2.75, 3.05) is 37.7 Å². The smallest absolute Gasteiger partial charge is 0.239 e. The lowest BCUT2D eigenvalue weighted by Gasteiger charge is -2.24. The molecule has 0 bridgehead atoms. The molecule has 4 rings (SSSR count). The van der Waals surface area contributed by atoms with Crippen molar-refractivity contribution in [3.8, 4) is 5.75 Å². The Labute approximate surface area is 224 Å². The van der Waals surface area contributed by atoms with Gasteiger partial charge in [-0.05, 0) is 43.7 Å². The molecule has 0 aliphatic heterocycles. The fraction of sp³-hybridized carbons (Fsp3) is 0.333. The van der Waals surface area contributed by atoms with Crippen molar-refractivity contribution in [3.63, 3.8) is 0 Å². The molecule has 0 aliphatic rings. The van der Waals surface area contributed by atoms with Gasteiger partial charge in [0, 0.05) is 30.7 Å². The van der Waals surface area contributed by atoms with Crippen molar-refractivity contribution < 1.29 is 23.4 Å². The van der Waals surface area contributed by atoms with E-state index in [0.29, 0.717) is 35.5 Å². The van der Waals surface area contributed by atoms with Crippen molar-refractivity contribution in [2.24, 2.45) is 5.73 Å². The molecule has 1 amide bonds. The molecule has 2 heterocycles. The van der Waals surface area contributed by atoms with E-state index in [0.717, 1.165) is 32.0 Å². The van der Waals surface area contributed by atoms with Gasteiger partial charge in [-0.15, -0.1) is 0 Å². The molecule has 0 atom stereocenters. The predicted octanol–water partition coefficient (Wildman–Crippen LogP) is 3.53. The zero-order chi connectivity index (χ0) is 27.8. The van der Waals surface area contributed by atoms with Gasteiger partial charge < -0.3 is 20.5 Å². The van der Waals surface area contributed by atoms with Gasteiger partial charge in [-0.25, -0.2) is 18.7 Å². The maximum atomic E-state index is 15.0. The normalized spacial score (nSPS) is 11.3. The summed E-state index contributed by atoms with van der Waals surface area (Å²) in [5, 5.41) is 13.9.